The van der Waals surface area contributed by atoms with Crippen LogP contribution in [0.2, 0.25) is 5.02 Å². The molecule has 0 fully saturated rings. The van der Waals surface area contributed by atoms with E-state index in [-0.39, 0.29) is 9.80 Å². The van der Waals surface area contributed by atoms with Gasteiger partial charge in [-0.15, -0.1) is 0 Å². The normalized spacial score (nSPS) is 11.7. The molecule has 0 amide bonds. The third-order valence-corrected chi connectivity index (χ3v) is 8.14. The number of halogens is 1. The van der Waals surface area contributed by atoms with Gasteiger partial charge in [0.15, 0.2) is 0 Å². The molecule has 0 unspecified atom stereocenters. The minimum Gasteiger partial charge on any atom is -0.489 e. The van der Waals surface area contributed by atoms with Gasteiger partial charge in [-0.25, -0.2) is 13.1 Å². The average molecular weight is 566 g/mol. The molecule has 40 heavy (non-hydrogen) atoms. The van der Waals surface area contributed by atoms with Crippen LogP contribution in [0.5, 0.6) is 5.75 Å². The lowest BCUT2D eigenvalue weighted by Crippen LogP contribution is -2.03. The van der Waals surface area contributed by atoms with Crippen LogP contribution in [0, 0.1) is 18.3 Å². The Labute approximate surface area is 238 Å². The molecule has 198 valence electrons. The van der Waals surface area contributed by atoms with Crippen molar-refractivity contribution in [3.8, 4) is 28.8 Å². The third-order valence-electron chi connectivity index (χ3n) is 6.21. The van der Waals surface area contributed by atoms with Crippen molar-refractivity contribution in [1.29, 1.82) is 5.26 Å². The highest BCUT2D eigenvalue weighted by Crippen LogP contribution is 2.30. The Hall–Kier alpha value is -4.64. The van der Waals surface area contributed by atoms with Crippen molar-refractivity contribution in [2.45, 2.75) is 18.4 Å². The first-order valence-electron chi connectivity index (χ1n) is 12.4. The van der Waals surface area contributed by atoms with Crippen molar-refractivity contribution >= 4 is 27.5 Å². The van der Waals surface area contributed by atoms with Gasteiger partial charge in [-0.05, 0) is 67.1 Å². The van der Waals surface area contributed by atoms with Crippen LogP contribution in [-0.2, 0) is 16.4 Å². The number of rotatable bonds is 8. The van der Waals surface area contributed by atoms with Crippen LogP contribution in [0.25, 0.3) is 23.0 Å². The van der Waals surface area contributed by atoms with Gasteiger partial charge in [0, 0.05) is 22.3 Å². The molecular formula is C32H24ClN3O3S. The maximum atomic E-state index is 13.4. The molecule has 5 aromatic rings. The second-order valence-corrected chi connectivity index (χ2v) is 11.4. The summed E-state index contributed by atoms with van der Waals surface area (Å²) in [6, 6.07) is 32.6. The van der Waals surface area contributed by atoms with E-state index in [1.54, 1.807) is 23.0 Å². The van der Waals surface area contributed by atoms with Gasteiger partial charge in [0.05, 0.1) is 10.6 Å². The smallest absolute Gasteiger partial charge is 0.216 e. The molecule has 0 aliphatic heterocycles. The lowest BCUT2D eigenvalue weighted by atomic mass is 10.1. The Morgan fingerprint density at radius 3 is 2.40 bits per heavy atom. The van der Waals surface area contributed by atoms with E-state index < -0.39 is 9.84 Å². The summed E-state index contributed by atoms with van der Waals surface area (Å²) in [4.78, 5) is -0.319. The first-order chi connectivity index (χ1) is 19.3. The number of allylic oxidation sites excluding steroid dienone is 1. The molecule has 8 heteroatoms. The number of benzene rings is 4. The number of sulfone groups is 1. The Kier molecular flexibility index (Phi) is 7.83. The van der Waals surface area contributed by atoms with Gasteiger partial charge in [-0.1, -0.05) is 71.8 Å². The van der Waals surface area contributed by atoms with Crippen LogP contribution in [-0.4, -0.2) is 18.2 Å². The van der Waals surface area contributed by atoms with Gasteiger partial charge < -0.3 is 4.74 Å². The fourth-order valence-corrected chi connectivity index (χ4v) is 5.34. The minimum atomic E-state index is -4.04. The second kappa shape index (κ2) is 11.6. The average Bonchev–Trinajstić information content (AvgIpc) is 3.40. The molecule has 0 N–H and O–H groups in total. The first-order valence-corrected chi connectivity index (χ1v) is 14.3. The summed E-state index contributed by atoms with van der Waals surface area (Å²) in [5.74, 6) is 0.615. The summed E-state index contributed by atoms with van der Waals surface area (Å²) in [5.41, 5.74) is 4.37. The highest BCUT2D eigenvalue weighted by molar-refractivity contribution is 7.95. The molecule has 0 spiro atoms. The standard InChI is InChI=1S/C32H24ClN3O3S/c1-23-10-16-30(17-11-23)40(37,38)31(20-34)19-26-21-36(28-7-3-2-4-8-28)35-32(26)25-6-5-9-29(18-25)39-22-24-12-14-27(33)15-13-24/h2-19,21H,22H2,1H3/b31-19-. The first kappa shape index (κ1) is 26.9. The molecule has 0 radical (unpaired) electrons. The Morgan fingerprint density at radius 1 is 0.975 bits per heavy atom. The number of nitriles is 1. The molecule has 1 aromatic heterocycles. The number of para-hydroxylation sites is 1. The maximum Gasteiger partial charge on any atom is 0.216 e. The van der Waals surface area contributed by atoms with E-state index in [4.69, 9.17) is 21.4 Å². The molecule has 0 aliphatic rings. The molecular weight excluding hydrogens is 542 g/mol. The minimum absolute atomic E-state index is 0.0560. The Balaban J connectivity index is 1.55. The Morgan fingerprint density at radius 2 is 1.70 bits per heavy atom. The summed E-state index contributed by atoms with van der Waals surface area (Å²) in [6.07, 6.45) is 3.09. The van der Waals surface area contributed by atoms with Crippen LogP contribution < -0.4 is 4.74 Å². The van der Waals surface area contributed by atoms with E-state index in [1.807, 2.05) is 91.9 Å². The topological polar surface area (TPSA) is 85.0 Å². The largest absolute Gasteiger partial charge is 0.489 e. The molecule has 0 bridgehead atoms. The molecule has 4 aromatic carbocycles. The lowest BCUT2D eigenvalue weighted by molar-refractivity contribution is 0.306. The number of aromatic nitrogens is 2. The van der Waals surface area contributed by atoms with Crippen molar-refractivity contribution in [2.75, 3.05) is 0 Å². The summed E-state index contributed by atoms with van der Waals surface area (Å²) in [5, 5.41) is 15.3. The highest BCUT2D eigenvalue weighted by Gasteiger charge is 2.22. The third kappa shape index (κ3) is 5.99. The molecule has 1 heterocycles. The fraction of sp³-hybridized carbons (Fsp3) is 0.0625. The fourth-order valence-electron chi connectivity index (χ4n) is 4.07. The highest BCUT2D eigenvalue weighted by atomic mass is 35.5. The zero-order valence-electron chi connectivity index (χ0n) is 21.5. The van der Waals surface area contributed by atoms with E-state index >= 15 is 0 Å². The monoisotopic (exact) mass is 565 g/mol. The number of aryl methyl sites for hydroxylation is 1. The van der Waals surface area contributed by atoms with Gasteiger partial charge in [0.25, 0.3) is 0 Å². The van der Waals surface area contributed by atoms with Gasteiger partial charge in [0.1, 0.15) is 29.0 Å². The molecule has 0 saturated carbocycles. The van der Waals surface area contributed by atoms with E-state index in [2.05, 4.69) is 0 Å². The molecule has 6 nitrogen and oxygen atoms in total. The van der Waals surface area contributed by atoms with Gasteiger partial charge in [0.2, 0.25) is 9.84 Å². The lowest BCUT2D eigenvalue weighted by Gasteiger charge is -2.08. The van der Waals surface area contributed by atoms with Crippen molar-refractivity contribution in [3.63, 3.8) is 0 Å². The number of hydrogen-bond donors (Lipinski definition) is 0. The van der Waals surface area contributed by atoms with Crippen molar-refractivity contribution in [3.05, 3.63) is 136 Å². The molecule has 0 saturated heterocycles. The number of nitrogens with zero attached hydrogens (tertiary/aromatic N) is 3. The van der Waals surface area contributed by atoms with Crippen LogP contribution in [0.4, 0.5) is 0 Å². The van der Waals surface area contributed by atoms with Crippen molar-refractivity contribution < 1.29 is 13.2 Å². The van der Waals surface area contributed by atoms with Crippen molar-refractivity contribution in [1.82, 2.24) is 9.78 Å². The van der Waals surface area contributed by atoms with E-state index in [9.17, 15) is 13.7 Å². The van der Waals surface area contributed by atoms with Crippen LogP contribution >= 0.6 is 11.6 Å². The van der Waals surface area contributed by atoms with E-state index in [0.29, 0.717) is 34.2 Å². The summed E-state index contributed by atoms with van der Waals surface area (Å²) in [7, 11) is -4.04. The SMILES string of the molecule is Cc1ccc(S(=O)(=O)/C(C#N)=C\c2cn(-c3ccccc3)nc2-c2cccc(OCc3ccc(Cl)cc3)c2)cc1. The zero-order chi connectivity index (χ0) is 28.1. The number of ether oxygens (including phenoxy) is 1. The van der Waals surface area contributed by atoms with Gasteiger partial charge >= 0.3 is 0 Å². The maximum absolute atomic E-state index is 13.4. The van der Waals surface area contributed by atoms with Crippen LogP contribution in [0.1, 0.15) is 16.7 Å². The van der Waals surface area contributed by atoms with Gasteiger partial charge in [-0.3, -0.25) is 0 Å². The van der Waals surface area contributed by atoms with Gasteiger partial charge in [-0.2, -0.15) is 10.4 Å². The summed E-state index contributed by atoms with van der Waals surface area (Å²) < 4.78 is 34.4. The van der Waals surface area contributed by atoms with Crippen LogP contribution in [0.3, 0.4) is 0 Å². The molecule has 0 atom stereocenters. The predicted molar refractivity (Wildman–Crippen MR) is 157 cm³/mol. The second-order valence-electron chi connectivity index (χ2n) is 9.09. The summed E-state index contributed by atoms with van der Waals surface area (Å²) in [6.45, 7) is 2.22. The van der Waals surface area contributed by atoms with Crippen molar-refractivity contribution in [2.24, 2.45) is 0 Å². The predicted octanol–water partition coefficient (Wildman–Crippen LogP) is 7.42. The van der Waals surface area contributed by atoms with E-state index in [1.165, 1.54) is 18.2 Å². The zero-order valence-corrected chi connectivity index (χ0v) is 23.1. The van der Waals surface area contributed by atoms with Crippen LogP contribution in [0.15, 0.2) is 119 Å². The van der Waals surface area contributed by atoms with E-state index in [0.717, 1.165) is 16.8 Å². The Bertz CT molecular complexity index is 1820. The molecule has 5 rings (SSSR count). The molecule has 0 aliphatic carbocycles. The quantitative estimate of drug-likeness (QED) is 0.183. The number of hydrogen-bond acceptors (Lipinski definition) is 5. The summed E-state index contributed by atoms with van der Waals surface area (Å²) >= 11 is 5.98.